The quantitative estimate of drug-likeness (QED) is 0.729. The molecule has 0 amide bonds. The van der Waals surface area contributed by atoms with E-state index in [2.05, 4.69) is 11.8 Å². The summed E-state index contributed by atoms with van der Waals surface area (Å²) in [5.41, 5.74) is 5.59. The Morgan fingerprint density at radius 1 is 1.24 bits per heavy atom. The largest absolute Gasteiger partial charge is 0.330 e. The first kappa shape index (κ1) is 14.9. The molecule has 0 radical (unpaired) electrons. The summed E-state index contributed by atoms with van der Waals surface area (Å²) in [5.74, 6) is 0.750. The normalized spacial score (nSPS) is 21.6. The van der Waals surface area contributed by atoms with Crippen LogP contribution in [0.2, 0.25) is 0 Å². The molecule has 0 aromatic heterocycles. The van der Waals surface area contributed by atoms with Gasteiger partial charge in [-0.05, 0) is 18.9 Å². The molecule has 1 unspecified atom stereocenters. The van der Waals surface area contributed by atoms with Gasteiger partial charge in [-0.15, -0.1) is 0 Å². The zero-order valence-electron chi connectivity index (χ0n) is 10.9. The summed E-state index contributed by atoms with van der Waals surface area (Å²) in [7, 11) is -3.01. The average molecular weight is 263 g/mol. The van der Waals surface area contributed by atoms with Crippen molar-refractivity contribution in [2.75, 3.05) is 45.0 Å². The van der Waals surface area contributed by atoms with Gasteiger partial charge in [-0.2, -0.15) is 4.31 Å². The van der Waals surface area contributed by atoms with Crippen molar-refractivity contribution in [1.29, 1.82) is 0 Å². The topological polar surface area (TPSA) is 66.6 Å². The third kappa shape index (κ3) is 4.54. The van der Waals surface area contributed by atoms with E-state index in [1.807, 2.05) is 6.92 Å². The van der Waals surface area contributed by atoms with Crippen LogP contribution in [-0.2, 0) is 10.0 Å². The predicted octanol–water partition coefficient (Wildman–Crippen LogP) is -0.0614. The van der Waals surface area contributed by atoms with Crippen LogP contribution in [-0.4, -0.2) is 62.6 Å². The van der Waals surface area contributed by atoms with E-state index in [-0.39, 0.29) is 5.75 Å². The van der Waals surface area contributed by atoms with Gasteiger partial charge < -0.3 is 10.6 Å². The van der Waals surface area contributed by atoms with Crippen LogP contribution in [0.4, 0.5) is 0 Å². The summed E-state index contributed by atoms with van der Waals surface area (Å²) in [6.07, 6.45) is 0.687. The number of piperazine rings is 1. The van der Waals surface area contributed by atoms with Crippen molar-refractivity contribution in [3.63, 3.8) is 0 Å². The van der Waals surface area contributed by atoms with Crippen LogP contribution in [0, 0.1) is 5.92 Å². The molecule has 0 aliphatic carbocycles. The lowest BCUT2D eigenvalue weighted by molar-refractivity contribution is 0.170. The molecule has 1 rings (SSSR count). The lowest BCUT2D eigenvalue weighted by Crippen LogP contribution is -2.50. The number of sulfonamides is 1. The summed E-state index contributed by atoms with van der Waals surface area (Å²) < 4.78 is 25.3. The minimum Gasteiger partial charge on any atom is -0.330 e. The molecule has 1 atom stereocenters. The van der Waals surface area contributed by atoms with Crippen LogP contribution in [0.1, 0.15) is 20.3 Å². The van der Waals surface area contributed by atoms with Crippen molar-refractivity contribution in [1.82, 2.24) is 9.21 Å². The smallest absolute Gasteiger partial charge is 0.214 e. The van der Waals surface area contributed by atoms with E-state index >= 15 is 0 Å². The molecule has 1 aliphatic heterocycles. The van der Waals surface area contributed by atoms with E-state index in [4.69, 9.17) is 5.73 Å². The van der Waals surface area contributed by atoms with Gasteiger partial charge in [0.05, 0.1) is 5.75 Å². The first-order valence-electron chi connectivity index (χ1n) is 6.39. The Kier molecular flexibility index (Phi) is 5.85. The van der Waals surface area contributed by atoms with Crippen LogP contribution in [0.3, 0.4) is 0 Å². The molecule has 1 fully saturated rings. The Hall–Kier alpha value is -0.170. The van der Waals surface area contributed by atoms with Gasteiger partial charge in [0.15, 0.2) is 0 Å². The minimum absolute atomic E-state index is 0.270. The minimum atomic E-state index is -3.01. The van der Waals surface area contributed by atoms with Crippen molar-refractivity contribution in [2.45, 2.75) is 20.3 Å². The number of hydrogen-bond acceptors (Lipinski definition) is 4. The Morgan fingerprint density at radius 3 is 2.29 bits per heavy atom. The highest BCUT2D eigenvalue weighted by Gasteiger charge is 2.26. The van der Waals surface area contributed by atoms with E-state index in [1.54, 1.807) is 4.31 Å². The Bertz CT molecular complexity index is 311. The van der Waals surface area contributed by atoms with Crippen molar-refractivity contribution in [3.05, 3.63) is 0 Å². The fourth-order valence-electron chi connectivity index (χ4n) is 2.09. The monoisotopic (exact) mass is 263 g/mol. The SMILES string of the molecule is CCCS(=O)(=O)N1CCN(CC(C)CN)CC1. The third-order valence-corrected chi connectivity index (χ3v) is 5.24. The number of hydrogen-bond donors (Lipinski definition) is 1. The Labute approximate surface area is 105 Å². The molecule has 5 nitrogen and oxygen atoms in total. The molecule has 1 heterocycles. The van der Waals surface area contributed by atoms with Gasteiger partial charge in [0.1, 0.15) is 0 Å². The second-order valence-corrected chi connectivity index (χ2v) is 6.95. The van der Waals surface area contributed by atoms with Crippen LogP contribution < -0.4 is 5.73 Å². The predicted molar refractivity (Wildman–Crippen MR) is 70.3 cm³/mol. The molecule has 0 saturated carbocycles. The van der Waals surface area contributed by atoms with Crippen LogP contribution in [0.25, 0.3) is 0 Å². The van der Waals surface area contributed by atoms with E-state index in [1.165, 1.54) is 0 Å². The van der Waals surface area contributed by atoms with Crippen molar-refractivity contribution < 1.29 is 8.42 Å². The second-order valence-electron chi connectivity index (χ2n) is 4.86. The third-order valence-electron chi connectivity index (χ3n) is 3.16. The van der Waals surface area contributed by atoms with Crippen molar-refractivity contribution in [2.24, 2.45) is 11.7 Å². The van der Waals surface area contributed by atoms with E-state index in [0.29, 0.717) is 32.0 Å². The number of nitrogens with two attached hydrogens (primary N) is 1. The highest BCUT2D eigenvalue weighted by Crippen LogP contribution is 2.10. The summed E-state index contributed by atoms with van der Waals surface area (Å²) in [5, 5.41) is 0. The van der Waals surface area contributed by atoms with Gasteiger partial charge in [-0.3, -0.25) is 0 Å². The van der Waals surface area contributed by atoms with Gasteiger partial charge in [0.2, 0.25) is 10.0 Å². The second kappa shape index (κ2) is 6.68. The van der Waals surface area contributed by atoms with Gasteiger partial charge in [-0.25, -0.2) is 8.42 Å². The lowest BCUT2D eigenvalue weighted by Gasteiger charge is -2.35. The molecule has 0 aromatic carbocycles. The van der Waals surface area contributed by atoms with E-state index in [0.717, 1.165) is 19.6 Å². The molecule has 0 bridgehead atoms. The van der Waals surface area contributed by atoms with Gasteiger partial charge in [-0.1, -0.05) is 13.8 Å². The number of rotatable bonds is 6. The fraction of sp³-hybridized carbons (Fsp3) is 1.00. The average Bonchev–Trinajstić information content (AvgIpc) is 2.29. The van der Waals surface area contributed by atoms with Crippen LogP contribution in [0.15, 0.2) is 0 Å². The maximum atomic E-state index is 11.9. The van der Waals surface area contributed by atoms with Gasteiger partial charge >= 0.3 is 0 Å². The summed E-state index contributed by atoms with van der Waals surface area (Å²) in [6.45, 7) is 8.59. The molecular weight excluding hydrogens is 238 g/mol. The Morgan fingerprint density at radius 2 is 1.82 bits per heavy atom. The standard InChI is InChI=1S/C11H25N3O2S/c1-3-8-17(15,16)14-6-4-13(5-7-14)10-11(2)9-12/h11H,3-10,12H2,1-2H3. The zero-order valence-corrected chi connectivity index (χ0v) is 11.7. The van der Waals surface area contributed by atoms with E-state index in [9.17, 15) is 8.42 Å². The highest BCUT2D eigenvalue weighted by atomic mass is 32.2. The van der Waals surface area contributed by atoms with Gasteiger partial charge in [0, 0.05) is 32.7 Å². The maximum absolute atomic E-state index is 11.9. The lowest BCUT2D eigenvalue weighted by atomic mass is 10.1. The van der Waals surface area contributed by atoms with Crippen molar-refractivity contribution in [3.8, 4) is 0 Å². The molecule has 102 valence electrons. The molecule has 1 saturated heterocycles. The maximum Gasteiger partial charge on any atom is 0.214 e. The summed E-state index contributed by atoms with van der Waals surface area (Å²) in [6, 6.07) is 0. The highest BCUT2D eigenvalue weighted by molar-refractivity contribution is 7.89. The van der Waals surface area contributed by atoms with Crippen LogP contribution >= 0.6 is 0 Å². The molecule has 17 heavy (non-hydrogen) atoms. The summed E-state index contributed by atoms with van der Waals surface area (Å²) >= 11 is 0. The molecule has 0 spiro atoms. The Balaban J connectivity index is 2.40. The number of nitrogens with zero attached hydrogens (tertiary/aromatic N) is 2. The van der Waals surface area contributed by atoms with E-state index < -0.39 is 10.0 Å². The van der Waals surface area contributed by atoms with Crippen LogP contribution in [0.5, 0.6) is 0 Å². The molecule has 2 N–H and O–H groups in total. The first-order chi connectivity index (χ1) is 7.99. The zero-order chi connectivity index (χ0) is 12.9. The molecule has 1 aliphatic rings. The molecule has 0 aromatic rings. The van der Waals surface area contributed by atoms with Crippen molar-refractivity contribution >= 4 is 10.0 Å². The van der Waals surface area contributed by atoms with Gasteiger partial charge in [0.25, 0.3) is 0 Å². The fourth-order valence-corrected chi connectivity index (χ4v) is 3.59. The molecular formula is C11H25N3O2S. The summed E-state index contributed by atoms with van der Waals surface area (Å²) in [4.78, 5) is 2.30. The molecule has 6 heteroatoms. The first-order valence-corrected chi connectivity index (χ1v) is 8.00.